The van der Waals surface area contributed by atoms with Gasteiger partial charge >= 0.3 is 0 Å². The number of hydrogen-bond acceptors (Lipinski definition) is 2. The van der Waals surface area contributed by atoms with Crippen LogP contribution in [0.25, 0.3) is 0 Å². The Morgan fingerprint density at radius 2 is 1.50 bits per heavy atom. The van der Waals surface area contributed by atoms with E-state index in [1.165, 1.54) is 31.2 Å². The van der Waals surface area contributed by atoms with Crippen LogP contribution in [0.5, 0.6) is 0 Å². The highest BCUT2D eigenvalue weighted by atomic mass is 14.9. The molecule has 0 unspecified atom stereocenters. The van der Waals surface area contributed by atoms with E-state index in [0.717, 1.165) is 18.7 Å². The van der Waals surface area contributed by atoms with E-state index in [0.29, 0.717) is 0 Å². The summed E-state index contributed by atoms with van der Waals surface area (Å²) in [6.45, 7) is 4.39. The van der Waals surface area contributed by atoms with E-state index < -0.39 is 0 Å². The number of aryl methyl sites for hydroxylation is 2. The molecular formula is C12H20N2. The molecule has 0 radical (unpaired) electrons. The molecule has 2 heteroatoms. The summed E-state index contributed by atoms with van der Waals surface area (Å²) in [5, 5.41) is 0. The third-order valence-electron chi connectivity index (χ3n) is 2.33. The maximum absolute atomic E-state index is 4.36. The molecule has 1 rings (SSSR count). The largest absolute Gasteiger partial charge is 0.241 e. The molecule has 0 aliphatic rings. The summed E-state index contributed by atoms with van der Waals surface area (Å²) in [5.41, 5.74) is 1.27. The van der Waals surface area contributed by atoms with Crippen molar-refractivity contribution in [3.8, 4) is 0 Å². The lowest BCUT2D eigenvalue weighted by atomic mass is 10.1. The van der Waals surface area contributed by atoms with Crippen LogP contribution in [0.4, 0.5) is 0 Å². The van der Waals surface area contributed by atoms with E-state index in [-0.39, 0.29) is 0 Å². The molecule has 78 valence electrons. The number of hydrogen-bond donors (Lipinski definition) is 0. The Hall–Kier alpha value is -0.920. The standard InChI is InChI=1S/C12H20N2/c1-3-5-7-11-9-13-12(14-10-11)8-6-4-2/h9-10H,3-8H2,1-2H3. The second-order valence-electron chi connectivity index (χ2n) is 3.71. The molecule has 0 saturated carbocycles. The van der Waals surface area contributed by atoms with Crippen molar-refractivity contribution in [2.45, 2.75) is 52.4 Å². The second kappa shape index (κ2) is 6.52. The van der Waals surface area contributed by atoms with Crippen molar-refractivity contribution in [2.24, 2.45) is 0 Å². The van der Waals surface area contributed by atoms with E-state index >= 15 is 0 Å². The fourth-order valence-electron chi connectivity index (χ4n) is 1.36. The smallest absolute Gasteiger partial charge is 0.128 e. The number of nitrogens with zero attached hydrogens (tertiary/aromatic N) is 2. The molecule has 1 aromatic heterocycles. The minimum absolute atomic E-state index is 0.993. The molecule has 0 N–H and O–H groups in total. The number of aromatic nitrogens is 2. The van der Waals surface area contributed by atoms with Gasteiger partial charge in [-0.05, 0) is 24.8 Å². The van der Waals surface area contributed by atoms with E-state index in [4.69, 9.17) is 0 Å². The quantitative estimate of drug-likeness (QED) is 0.692. The van der Waals surface area contributed by atoms with Crippen molar-refractivity contribution in [1.29, 1.82) is 0 Å². The minimum atomic E-state index is 0.993. The molecule has 0 bridgehead atoms. The molecule has 0 aromatic carbocycles. The Morgan fingerprint density at radius 3 is 2.07 bits per heavy atom. The Balaban J connectivity index is 2.42. The van der Waals surface area contributed by atoms with Crippen LogP contribution >= 0.6 is 0 Å². The molecule has 0 fully saturated rings. The monoisotopic (exact) mass is 192 g/mol. The van der Waals surface area contributed by atoms with Crippen LogP contribution in [0.15, 0.2) is 12.4 Å². The van der Waals surface area contributed by atoms with Gasteiger partial charge in [-0.2, -0.15) is 0 Å². The third kappa shape index (κ3) is 3.86. The molecule has 0 aliphatic heterocycles. The first-order valence-electron chi connectivity index (χ1n) is 5.66. The second-order valence-corrected chi connectivity index (χ2v) is 3.71. The van der Waals surface area contributed by atoms with Gasteiger partial charge in [0.2, 0.25) is 0 Å². The molecule has 0 spiro atoms. The average Bonchev–Trinajstić information content (AvgIpc) is 2.25. The fraction of sp³-hybridized carbons (Fsp3) is 0.667. The van der Waals surface area contributed by atoms with Crippen molar-refractivity contribution in [2.75, 3.05) is 0 Å². The molecule has 1 aromatic rings. The first kappa shape index (κ1) is 11.2. The molecular weight excluding hydrogens is 172 g/mol. The van der Waals surface area contributed by atoms with Gasteiger partial charge in [0.25, 0.3) is 0 Å². The van der Waals surface area contributed by atoms with Gasteiger partial charge in [-0.3, -0.25) is 0 Å². The van der Waals surface area contributed by atoms with E-state index in [9.17, 15) is 0 Å². The molecule has 0 amide bonds. The van der Waals surface area contributed by atoms with Crippen molar-refractivity contribution in [3.05, 3.63) is 23.8 Å². The molecule has 1 heterocycles. The van der Waals surface area contributed by atoms with Gasteiger partial charge in [-0.25, -0.2) is 9.97 Å². The van der Waals surface area contributed by atoms with Gasteiger partial charge in [-0.1, -0.05) is 26.7 Å². The first-order valence-corrected chi connectivity index (χ1v) is 5.66. The van der Waals surface area contributed by atoms with E-state index in [1.54, 1.807) is 0 Å². The summed E-state index contributed by atoms with van der Waals surface area (Å²) >= 11 is 0. The Kier molecular flexibility index (Phi) is 5.20. The van der Waals surface area contributed by atoms with Crippen LogP contribution in [-0.4, -0.2) is 9.97 Å². The van der Waals surface area contributed by atoms with Crippen molar-refractivity contribution < 1.29 is 0 Å². The normalized spacial score (nSPS) is 10.4. The highest BCUT2D eigenvalue weighted by Crippen LogP contribution is 2.04. The SMILES string of the molecule is CCCCc1cnc(CCCC)nc1. The molecule has 2 nitrogen and oxygen atoms in total. The lowest BCUT2D eigenvalue weighted by Crippen LogP contribution is -1.96. The highest BCUT2D eigenvalue weighted by molar-refractivity contribution is 5.05. The van der Waals surface area contributed by atoms with E-state index in [2.05, 4.69) is 23.8 Å². The van der Waals surface area contributed by atoms with Crippen LogP contribution < -0.4 is 0 Å². The number of rotatable bonds is 6. The van der Waals surface area contributed by atoms with Crippen LogP contribution in [-0.2, 0) is 12.8 Å². The first-order chi connectivity index (χ1) is 6.86. The van der Waals surface area contributed by atoms with Crippen LogP contribution in [0.2, 0.25) is 0 Å². The maximum Gasteiger partial charge on any atom is 0.128 e. The minimum Gasteiger partial charge on any atom is -0.241 e. The van der Waals surface area contributed by atoms with Crippen molar-refractivity contribution >= 4 is 0 Å². The average molecular weight is 192 g/mol. The summed E-state index contributed by atoms with van der Waals surface area (Å²) in [6, 6.07) is 0. The summed E-state index contributed by atoms with van der Waals surface area (Å²) in [6.07, 6.45) is 11.0. The van der Waals surface area contributed by atoms with Crippen LogP contribution in [0.3, 0.4) is 0 Å². The predicted molar refractivity (Wildman–Crippen MR) is 59.3 cm³/mol. The maximum atomic E-state index is 4.36. The zero-order valence-corrected chi connectivity index (χ0v) is 9.29. The summed E-state index contributed by atoms with van der Waals surface area (Å²) in [5.74, 6) is 0.993. The topological polar surface area (TPSA) is 25.8 Å². The number of unbranched alkanes of at least 4 members (excludes halogenated alkanes) is 2. The Bertz CT molecular complexity index is 214. The van der Waals surface area contributed by atoms with Gasteiger partial charge in [-0.15, -0.1) is 0 Å². The van der Waals surface area contributed by atoms with Crippen molar-refractivity contribution in [3.63, 3.8) is 0 Å². The fourth-order valence-corrected chi connectivity index (χ4v) is 1.36. The van der Waals surface area contributed by atoms with Crippen LogP contribution in [0, 0.1) is 0 Å². The molecule has 0 aliphatic carbocycles. The van der Waals surface area contributed by atoms with Gasteiger partial charge in [0.1, 0.15) is 5.82 Å². The van der Waals surface area contributed by atoms with Crippen molar-refractivity contribution in [1.82, 2.24) is 9.97 Å². The highest BCUT2D eigenvalue weighted by Gasteiger charge is 1.97. The van der Waals surface area contributed by atoms with Gasteiger partial charge in [0.15, 0.2) is 0 Å². The molecule has 14 heavy (non-hydrogen) atoms. The van der Waals surface area contributed by atoms with Gasteiger partial charge in [0, 0.05) is 18.8 Å². The van der Waals surface area contributed by atoms with Crippen LogP contribution in [0.1, 0.15) is 50.9 Å². The Morgan fingerprint density at radius 1 is 0.929 bits per heavy atom. The lowest BCUT2D eigenvalue weighted by Gasteiger charge is -2.01. The zero-order chi connectivity index (χ0) is 10.2. The van der Waals surface area contributed by atoms with Gasteiger partial charge < -0.3 is 0 Å². The predicted octanol–water partition coefficient (Wildman–Crippen LogP) is 3.16. The zero-order valence-electron chi connectivity index (χ0n) is 9.29. The molecule has 0 atom stereocenters. The summed E-state index contributed by atoms with van der Waals surface area (Å²) in [7, 11) is 0. The summed E-state index contributed by atoms with van der Waals surface area (Å²) < 4.78 is 0. The third-order valence-corrected chi connectivity index (χ3v) is 2.33. The van der Waals surface area contributed by atoms with Gasteiger partial charge in [0.05, 0.1) is 0 Å². The Labute approximate surface area is 86.8 Å². The summed E-state index contributed by atoms with van der Waals surface area (Å²) in [4.78, 5) is 8.72. The van der Waals surface area contributed by atoms with E-state index in [1.807, 2.05) is 12.4 Å². The lowest BCUT2D eigenvalue weighted by molar-refractivity contribution is 0.740. The molecule has 0 saturated heterocycles.